The second kappa shape index (κ2) is 15.4. The number of aromatic nitrogens is 1. The molecule has 4 aromatic rings. The van der Waals surface area contributed by atoms with Crippen LogP contribution in [0.25, 0.3) is 11.3 Å². The molecule has 0 aliphatic rings. The number of halogens is 1. The van der Waals surface area contributed by atoms with Gasteiger partial charge in [-0.3, -0.25) is 0 Å². The summed E-state index contributed by atoms with van der Waals surface area (Å²) in [5.74, 6) is 2.18. The van der Waals surface area contributed by atoms with Crippen molar-refractivity contribution in [3.63, 3.8) is 0 Å². The molecule has 0 amide bonds. The molecule has 42 heavy (non-hydrogen) atoms. The van der Waals surface area contributed by atoms with Crippen molar-refractivity contribution in [2.24, 2.45) is 4.99 Å². The highest BCUT2D eigenvalue weighted by Crippen LogP contribution is 2.29. The SMILES string of the molecule is Br.CCOc1ccc(N=c2scc(-c3ccc(S(=O)(=O)N(CC)CC)cc3)n2CCc2ccc(OC)c(OC)c2)cc1. The summed E-state index contributed by atoms with van der Waals surface area (Å²) in [6.45, 7) is 7.77. The van der Waals surface area contributed by atoms with Gasteiger partial charge in [-0.05, 0) is 73.0 Å². The molecule has 11 heteroatoms. The summed E-state index contributed by atoms with van der Waals surface area (Å²) < 4.78 is 46.1. The number of benzene rings is 3. The molecular formula is C31H38BrN3O5S2. The minimum atomic E-state index is -3.53. The Morgan fingerprint density at radius 2 is 1.55 bits per heavy atom. The maximum Gasteiger partial charge on any atom is 0.243 e. The highest BCUT2D eigenvalue weighted by molar-refractivity contribution is 8.93. The van der Waals surface area contributed by atoms with E-state index in [-0.39, 0.29) is 21.9 Å². The van der Waals surface area contributed by atoms with Crippen LogP contribution >= 0.6 is 28.3 Å². The summed E-state index contributed by atoms with van der Waals surface area (Å²) >= 11 is 1.54. The standard InChI is InChI=1S/C31H37N3O5S2.BrH/c1-6-33(7-2)41(35,36)27-16-10-24(11-17-27)28-22-40-31(32-25-12-14-26(15-13-25)39-8-3)34(28)20-19-23-9-18-29(37-4)30(21-23)38-5;/h9-18,21-22H,6-8,19-20H2,1-5H3;1H. The van der Waals surface area contributed by atoms with Crippen LogP contribution in [-0.2, 0) is 23.0 Å². The van der Waals surface area contributed by atoms with Crippen LogP contribution in [-0.4, -0.2) is 51.2 Å². The van der Waals surface area contributed by atoms with Crippen LogP contribution in [0, 0.1) is 0 Å². The summed E-state index contributed by atoms with van der Waals surface area (Å²) in [6, 6.07) is 20.7. The Kier molecular flexibility index (Phi) is 12.2. The van der Waals surface area contributed by atoms with Crippen LogP contribution in [0.4, 0.5) is 5.69 Å². The maximum atomic E-state index is 13.0. The first-order chi connectivity index (χ1) is 19.8. The van der Waals surface area contributed by atoms with E-state index < -0.39 is 10.0 Å². The Morgan fingerprint density at radius 3 is 2.14 bits per heavy atom. The predicted octanol–water partition coefficient (Wildman–Crippen LogP) is 6.72. The number of hydrogen-bond acceptors (Lipinski definition) is 7. The van der Waals surface area contributed by atoms with Crippen molar-refractivity contribution >= 4 is 44.0 Å². The molecule has 0 spiro atoms. The molecule has 0 radical (unpaired) electrons. The zero-order valence-electron chi connectivity index (χ0n) is 24.6. The number of sulfonamides is 1. The number of methoxy groups -OCH3 is 2. The smallest absolute Gasteiger partial charge is 0.243 e. The van der Waals surface area contributed by atoms with Crippen LogP contribution in [0.2, 0.25) is 0 Å². The monoisotopic (exact) mass is 675 g/mol. The van der Waals surface area contributed by atoms with Gasteiger partial charge in [0.1, 0.15) is 5.75 Å². The summed E-state index contributed by atoms with van der Waals surface area (Å²) in [7, 11) is -0.280. The first-order valence-corrected chi connectivity index (χ1v) is 15.9. The Hall–Kier alpha value is -3.12. The van der Waals surface area contributed by atoms with Gasteiger partial charge in [0, 0.05) is 25.0 Å². The van der Waals surface area contributed by atoms with E-state index in [4.69, 9.17) is 19.2 Å². The minimum Gasteiger partial charge on any atom is -0.494 e. The summed E-state index contributed by atoms with van der Waals surface area (Å²) in [5.41, 5.74) is 3.80. The molecule has 4 rings (SSSR count). The van der Waals surface area contributed by atoms with E-state index in [1.165, 1.54) is 4.31 Å². The number of rotatable bonds is 13. The first kappa shape index (κ1) is 33.4. The van der Waals surface area contributed by atoms with Gasteiger partial charge in [-0.1, -0.05) is 32.0 Å². The molecule has 1 heterocycles. The van der Waals surface area contributed by atoms with Crippen LogP contribution in [0.3, 0.4) is 0 Å². The van der Waals surface area contributed by atoms with Crippen LogP contribution < -0.4 is 19.0 Å². The van der Waals surface area contributed by atoms with Crippen LogP contribution in [0.1, 0.15) is 26.3 Å². The largest absolute Gasteiger partial charge is 0.494 e. The van der Waals surface area contributed by atoms with Gasteiger partial charge in [0.15, 0.2) is 16.3 Å². The Bertz CT molecular complexity index is 1610. The zero-order valence-corrected chi connectivity index (χ0v) is 27.9. The van der Waals surface area contributed by atoms with Gasteiger partial charge in [0.25, 0.3) is 0 Å². The average Bonchev–Trinajstić information content (AvgIpc) is 3.39. The van der Waals surface area contributed by atoms with Gasteiger partial charge in [0.2, 0.25) is 10.0 Å². The van der Waals surface area contributed by atoms with Crippen molar-refractivity contribution in [1.29, 1.82) is 0 Å². The van der Waals surface area contributed by atoms with E-state index in [1.54, 1.807) is 37.7 Å². The van der Waals surface area contributed by atoms with Crippen molar-refractivity contribution in [3.8, 4) is 28.5 Å². The molecule has 0 atom stereocenters. The molecular weight excluding hydrogens is 638 g/mol. The third-order valence-corrected chi connectivity index (χ3v) is 9.66. The lowest BCUT2D eigenvalue weighted by Crippen LogP contribution is -2.30. The molecule has 0 aliphatic heterocycles. The summed E-state index contributed by atoms with van der Waals surface area (Å²) in [4.78, 5) is 6.07. The molecule has 0 aliphatic carbocycles. The fourth-order valence-electron chi connectivity index (χ4n) is 4.55. The Balaban J connectivity index is 0.00000484. The fraction of sp³-hybridized carbons (Fsp3) is 0.323. The molecule has 0 saturated heterocycles. The van der Waals surface area contributed by atoms with E-state index >= 15 is 0 Å². The number of hydrogen-bond donors (Lipinski definition) is 0. The van der Waals surface area contributed by atoms with Gasteiger partial charge < -0.3 is 18.8 Å². The zero-order chi connectivity index (χ0) is 29.4. The molecule has 1 aromatic heterocycles. The van der Waals surface area contributed by atoms with Crippen LogP contribution in [0.5, 0.6) is 17.2 Å². The highest BCUT2D eigenvalue weighted by Gasteiger charge is 2.21. The molecule has 0 saturated carbocycles. The van der Waals surface area contributed by atoms with Crippen molar-refractivity contribution in [2.45, 2.75) is 38.6 Å². The van der Waals surface area contributed by atoms with E-state index in [0.717, 1.165) is 39.5 Å². The molecule has 0 bridgehead atoms. The van der Waals surface area contributed by atoms with E-state index in [1.807, 2.05) is 75.4 Å². The van der Waals surface area contributed by atoms with Gasteiger partial charge in [-0.25, -0.2) is 13.4 Å². The topological polar surface area (TPSA) is 82.4 Å². The van der Waals surface area contributed by atoms with E-state index in [9.17, 15) is 8.42 Å². The van der Waals surface area contributed by atoms with Crippen LogP contribution in [0.15, 0.2) is 82.0 Å². The summed E-state index contributed by atoms with van der Waals surface area (Å²) in [5, 5.41) is 2.07. The quantitative estimate of drug-likeness (QED) is 0.157. The lowest BCUT2D eigenvalue weighted by atomic mass is 10.1. The van der Waals surface area contributed by atoms with Gasteiger partial charge >= 0.3 is 0 Å². The normalized spacial score (nSPS) is 11.8. The lowest BCUT2D eigenvalue weighted by molar-refractivity contribution is 0.340. The predicted molar refractivity (Wildman–Crippen MR) is 174 cm³/mol. The number of nitrogens with zero attached hydrogens (tertiary/aromatic N) is 3. The number of thiazole rings is 1. The van der Waals surface area contributed by atoms with Crippen molar-refractivity contribution in [3.05, 3.63) is 82.5 Å². The number of ether oxygens (including phenoxy) is 3. The second-order valence-electron chi connectivity index (χ2n) is 9.15. The first-order valence-electron chi connectivity index (χ1n) is 13.6. The lowest BCUT2D eigenvalue weighted by Gasteiger charge is -2.18. The maximum absolute atomic E-state index is 13.0. The van der Waals surface area contributed by atoms with Crippen molar-refractivity contribution in [2.75, 3.05) is 33.9 Å². The van der Waals surface area contributed by atoms with Gasteiger partial charge in [-0.2, -0.15) is 4.31 Å². The molecule has 8 nitrogen and oxygen atoms in total. The molecule has 0 fully saturated rings. The highest BCUT2D eigenvalue weighted by atomic mass is 79.9. The Labute approximate surface area is 263 Å². The van der Waals surface area contributed by atoms with Crippen molar-refractivity contribution in [1.82, 2.24) is 8.87 Å². The molecule has 0 unspecified atom stereocenters. The minimum absolute atomic E-state index is 0. The molecule has 226 valence electrons. The second-order valence-corrected chi connectivity index (χ2v) is 11.9. The van der Waals surface area contributed by atoms with E-state index in [2.05, 4.69) is 9.95 Å². The third-order valence-electron chi connectivity index (χ3n) is 6.74. The molecule has 0 N–H and O–H groups in total. The Morgan fingerprint density at radius 1 is 0.881 bits per heavy atom. The number of aryl methyl sites for hydroxylation is 1. The average molecular weight is 677 g/mol. The van der Waals surface area contributed by atoms with Gasteiger partial charge in [0.05, 0.1) is 37.1 Å². The summed E-state index contributed by atoms with van der Waals surface area (Å²) in [6.07, 6.45) is 0.731. The van der Waals surface area contributed by atoms with E-state index in [0.29, 0.717) is 37.7 Å². The third kappa shape index (κ3) is 7.63. The fourth-order valence-corrected chi connectivity index (χ4v) is 6.96. The molecule has 3 aromatic carbocycles. The van der Waals surface area contributed by atoms with Crippen molar-refractivity contribution < 1.29 is 22.6 Å². The van der Waals surface area contributed by atoms with Gasteiger partial charge in [-0.15, -0.1) is 28.3 Å².